The van der Waals surface area contributed by atoms with Gasteiger partial charge in [-0.15, -0.1) is 0 Å². The fourth-order valence-corrected chi connectivity index (χ4v) is 4.16. The highest BCUT2D eigenvalue weighted by Crippen LogP contribution is 2.48. The molecule has 2 aromatic rings. The number of nitrogens with zero attached hydrogens (tertiary/aromatic N) is 4. The molecular formula is C19H12F4N4OS. The van der Waals surface area contributed by atoms with Crippen LogP contribution in [0.2, 0.25) is 0 Å². The Balaban J connectivity index is 1.85. The number of halogens is 4. The molecule has 1 aromatic carbocycles. The van der Waals surface area contributed by atoms with Crippen LogP contribution in [0, 0.1) is 17.1 Å². The van der Waals surface area contributed by atoms with E-state index in [4.69, 9.17) is 17.5 Å². The van der Waals surface area contributed by atoms with Crippen LogP contribution < -0.4 is 9.80 Å². The highest BCUT2D eigenvalue weighted by molar-refractivity contribution is 7.81. The number of thiocarbonyl (C=S) groups is 1. The molecule has 1 aromatic heterocycles. The molecule has 2 aliphatic rings. The first-order valence-corrected chi connectivity index (χ1v) is 9.02. The molecule has 1 aliphatic heterocycles. The molecule has 1 saturated heterocycles. The summed E-state index contributed by atoms with van der Waals surface area (Å²) in [5.41, 5.74) is -3.32. The number of carbonyl (C=O) groups is 1. The number of anilines is 2. The number of benzene rings is 1. The minimum atomic E-state index is -4.84. The lowest BCUT2D eigenvalue weighted by molar-refractivity contribution is -0.138. The average molecular weight is 420 g/mol. The second kappa shape index (κ2) is 6.49. The fraction of sp³-hybridized carbons (Fsp3) is 0.263. The Bertz CT molecular complexity index is 1070. The minimum absolute atomic E-state index is 0.0886. The Morgan fingerprint density at radius 1 is 1.24 bits per heavy atom. The molecule has 1 amide bonds. The molecular weight excluding hydrogens is 408 g/mol. The van der Waals surface area contributed by atoms with Crippen molar-refractivity contribution in [1.82, 2.24) is 4.98 Å². The molecule has 10 heteroatoms. The van der Waals surface area contributed by atoms with Crippen LogP contribution in [0.25, 0.3) is 0 Å². The van der Waals surface area contributed by atoms with E-state index in [9.17, 15) is 22.4 Å². The van der Waals surface area contributed by atoms with E-state index >= 15 is 0 Å². The maximum Gasteiger partial charge on any atom is 0.419 e. The van der Waals surface area contributed by atoms with Gasteiger partial charge in [0, 0.05) is 0 Å². The number of para-hydroxylation sites is 1. The lowest BCUT2D eigenvalue weighted by Gasteiger charge is -2.43. The summed E-state index contributed by atoms with van der Waals surface area (Å²) < 4.78 is 54.5. The number of pyridine rings is 1. The molecule has 0 bridgehead atoms. The third-order valence-corrected chi connectivity index (χ3v) is 5.59. The van der Waals surface area contributed by atoms with Gasteiger partial charge in [-0.1, -0.05) is 12.1 Å². The van der Waals surface area contributed by atoms with E-state index < -0.39 is 34.7 Å². The van der Waals surface area contributed by atoms with Gasteiger partial charge in [-0.3, -0.25) is 9.69 Å². The van der Waals surface area contributed by atoms with Crippen LogP contribution >= 0.6 is 12.2 Å². The van der Waals surface area contributed by atoms with Gasteiger partial charge in [-0.25, -0.2) is 9.37 Å². The Morgan fingerprint density at radius 3 is 2.48 bits per heavy atom. The average Bonchev–Trinajstić information content (AvgIpc) is 2.88. The van der Waals surface area contributed by atoms with Gasteiger partial charge in [0.15, 0.2) is 10.8 Å². The SMILES string of the molecule is N#Cc1ncc(N2C(=O)C3(CCC3)N(c3ccccc3F)C2=S)cc1C(F)(F)F. The highest BCUT2D eigenvalue weighted by atomic mass is 32.1. The maximum atomic E-state index is 14.5. The number of amides is 1. The third-order valence-electron chi connectivity index (χ3n) is 5.23. The fourth-order valence-electron chi connectivity index (χ4n) is 3.70. The monoisotopic (exact) mass is 420 g/mol. The molecule has 1 spiro atoms. The van der Waals surface area contributed by atoms with E-state index in [-0.39, 0.29) is 16.5 Å². The Kier molecular flexibility index (Phi) is 4.31. The van der Waals surface area contributed by atoms with Crippen molar-refractivity contribution in [2.75, 3.05) is 9.80 Å². The van der Waals surface area contributed by atoms with E-state index in [2.05, 4.69) is 4.98 Å². The van der Waals surface area contributed by atoms with Gasteiger partial charge in [-0.2, -0.15) is 18.4 Å². The first-order chi connectivity index (χ1) is 13.7. The molecule has 148 valence electrons. The van der Waals surface area contributed by atoms with Gasteiger partial charge in [0.05, 0.1) is 23.1 Å². The predicted molar refractivity (Wildman–Crippen MR) is 99.5 cm³/mol. The highest BCUT2D eigenvalue weighted by Gasteiger charge is 2.60. The number of hydrogen-bond donors (Lipinski definition) is 0. The van der Waals surface area contributed by atoms with Crippen molar-refractivity contribution in [3.63, 3.8) is 0 Å². The normalized spacial score (nSPS) is 18.2. The number of nitriles is 1. The first kappa shape index (κ1) is 19.3. The van der Waals surface area contributed by atoms with Crippen LogP contribution in [0.15, 0.2) is 36.5 Å². The first-order valence-electron chi connectivity index (χ1n) is 8.61. The number of aromatic nitrogens is 1. The number of hydrogen-bond acceptors (Lipinski definition) is 4. The zero-order chi connectivity index (χ0) is 21.0. The minimum Gasteiger partial charge on any atom is -0.300 e. The Morgan fingerprint density at radius 2 is 1.93 bits per heavy atom. The van der Waals surface area contributed by atoms with Gasteiger partial charge in [0.25, 0.3) is 5.91 Å². The van der Waals surface area contributed by atoms with Crippen molar-refractivity contribution in [3.05, 3.63) is 53.6 Å². The summed E-state index contributed by atoms with van der Waals surface area (Å²) in [7, 11) is 0. The van der Waals surface area contributed by atoms with Gasteiger partial charge in [-0.05, 0) is 49.7 Å². The van der Waals surface area contributed by atoms with Crippen LogP contribution in [0.5, 0.6) is 0 Å². The molecule has 2 fully saturated rings. The van der Waals surface area contributed by atoms with Crippen LogP contribution in [0.1, 0.15) is 30.5 Å². The van der Waals surface area contributed by atoms with Crippen molar-refractivity contribution in [3.8, 4) is 6.07 Å². The predicted octanol–water partition coefficient (Wildman–Crippen LogP) is 4.17. The largest absolute Gasteiger partial charge is 0.419 e. The number of carbonyl (C=O) groups excluding carboxylic acids is 1. The summed E-state index contributed by atoms with van der Waals surface area (Å²) in [6, 6.07) is 7.84. The second-order valence-electron chi connectivity index (χ2n) is 6.79. The summed E-state index contributed by atoms with van der Waals surface area (Å²) in [5, 5.41) is 8.80. The van der Waals surface area contributed by atoms with Crippen molar-refractivity contribution in [1.29, 1.82) is 5.26 Å². The molecule has 1 aliphatic carbocycles. The van der Waals surface area contributed by atoms with Crippen LogP contribution in [0.4, 0.5) is 28.9 Å². The lowest BCUT2D eigenvalue weighted by Crippen LogP contribution is -2.55. The Hall–Kier alpha value is -3.06. The van der Waals surface area contributed by atoms with E-state index in [1.807, 2.05) is 0 Å². The van der Waals surface area contributed by atoms with E-state index in [0.29, 0.717) is 25.3 Å². The summed E-state index contributed by atoms with van der Waals surface area (Å²) in [5.74, 6) is -1.12. The summed E-state index contributed by atoms with van der Waals surface area (Å²) in [4.78, 5) is 19.1. The topological polar surface area (TPSA) is 60.2 Å². The van der Waals surface area contributed by atoms with Crippen LogP contribution in [0.3, 0.4) is 0 Å². The molecule has 1 saturated carbocycles. The molecule has 0 atom stereocenters. The van der Waals surface area contributed by atoms with E-state index in [1.54, 1.807) is 6.07 Å². The summed E-state index contributed by atoms with van der Waals surface area (Å²) in [6.45, 7) is 0. The van der Waals surface area contributed by atoms with Crippen LogP contribution in [-0.4, -0.2) is 21.5 Å². The molecule has 0 radical (unpaired) electrons. The van der Waals surface area contributed by atoms with Gasteiger partial charge in [0.2, 0.25) is 0 Å². The molecule has 5 nitrogen and oxygen atoms in total. The molecule has 0 N–H and O–H groups in total. The van der Waals surface area contributed by atoms with Gasteiger partial charge < -0.3 is 4.90 Å². The lowest BCUT2D eigenvalue weighted by atomic mass is 9.75. The maximum absolute atomic E-state index is 14.5. The van der Waals surface area contributed by atoms with Crippen LogP contribution in [-0.2, 0) is 11.0 Å². The molecule has 2 heterocycles. The second-order valence-corrected chi connectivity index (χ2v) is 7.16. The van der Waals surface area contributed by atoms with Gasteiger partial charge in [0.1, 0.15) is 17.4 Å². The zero-order valence-electron chi connectivity index (χ0n) is 14.7. The van der Waals surface area contributed by atoms with E-state index in [0.717, 1.165) is 11.1 Å². The Labute approximate surface area is 168 Å². The summed E-state index contributed by atoms with van der Waals surface area (Å²) in [6.07, 6.45) is -2.35. The molecule has 29 heavy (non-hydrogen) atoms. The molecule has 0 unspecified atom stereocenters. The van der Waals surface area contributed by atoms with E-state index in [1.165, 1.54) is 29.2 Å². The van der Waals surface area contributed by atoms with Crippen molar-refractivity contribution < 1.29 is 22.4 Å². The standard InChI is InChI=1S/C19H12F4N4OS/c20-13-4-1-2-5-15(13)27-17(29)26(16(28)18(27)6-3-7-18)11-8-12(19(21,22)23)14(9-24)25-10-11/h1-2,4-5,8,10H,3,6-7H2. The smallest absolute Gasteiger partial charge is 0.300 e. The quantitative estimate of drug-likeness (QED) is 0.539. The van der Waals surface area contributed by atoms with Crippen molar-refractivity contribution >= 4 is 34.6 Å². The number of alkyl halides is 3. The zero-order valence-corrected chi connectivity index (χ0v) is 15.5. The van der Waals surface area contributed by atoms with Crippen molar-refractivity contribution in [2.45, 2.75) is 31.0 Å². The van der Waals surface area contributed by atoms with Gasteiger partial charge >= 0.3 is 6.18 Å². The molecule has 4 rings (SSSR count). The van der Waals surface area contributed by atoms with Crippen molar-refractivity contribution in [2.24, 2.45) is 0 Å². The number of rotatable bonds is 2. The summed E-state index contributed by atoms with van der Waals surface area (Å²) >= 11 is 5.40. The third kappa shape index (κ3) is 2.76.